The van der Waals surface area contributed by atoms with Crippen LogP contribution in [0.5, 0.6) is 0 Å². The van der Waals surface area contributed by atoms with Crippen LogP contribution in [0.3, 0.4) is 0 Å². The fourth-order valence-electron chi connectivity index (χ4n) is 8.42. The van der Waals surface area contributed by atoms with Gasteiger partial charge in [0.25, 0.3) is 0 Å². The molecule has 0 fully saturated rings. The van der Waals surface area contributed by atoms with Crippen LogP contribution in [0.2, 0.25) is 0 Å². The molecule has 0 heteroatoms. The number of hydrogen-bond acceptors (Lipinski definition) is 0. The van der Waals surface area contributed by atoms with E-state index in [1.807, 2.05) is 0 Å². The lowest BCUT2D eigenvalue weighted by Crippen LogP contribution is -2.16. The van der Waals surface area contributed by atoms with Gasteiger partial charge in [-0.3, -0.25) is 0 Å². The Morgan fingerprint density at radius 1 is 0.326 bits per heavy atom. The Morgan fingerprint density at radius 3 is 1.09 bits per heavy atom. The normalized spacial score (nSPS) is 15.7. The maximum Gasteiger partial charge on any atom is -0.000797 e. The summed E-state index contributed by atoms with van der Waals surface area (Å²) in [6.45, 7) is 28.7. The third-order valence-electron chi connectivity index (χ3n) is 11.4. The average molecular weight is 609 g/mol. The Balaban J connectivity index is 1.51. The lowest BCUT2D eigenvalue weighted by molar-refractivity contribution is 0.581. The molecule has 0 heterocycles. The second-order valence-corrected chi connectivity index (χ2v) is 19.0. The molecule has 0 spiro atoms. The van der Waals surface area contributed by atoms with Gasteiger partial charge in [-0.1, -0.05) is 132 Å². The second kappa shape index (κ2) is 10.2. The fourth-order valence-corrected chi connectivity index (χ4v) is 8.42. The van der Waals surface area contributed by atoms with Crippen molar-refractivity contribution in [1.29, 1.82) is 0 Å². The molecule has 240 valence electrons. The molecule has 7 rings (SSSR count). The third-order valence-corrected chi connectivity index (χ3v) is 11.4. The Labute approximate surface area is 280 Å². The summed E-state index contributed by atoms with van der Waals surface area (Å²) in [5.74, 6) is 0. The Hall–Kier alpha value is -3.12. The molecule has 0 atom stereocenters. The van der Waals surface area contributed by atoms with Crippen LogP contribution in [0, 0.1) is 0 Å². The van der Waals surface area contributed by atoms with Gasteiger partial charge in [-0.15, -0.1) is 0 Å². The van der Waals surface area contributed by atoms with Crippen LogP contribution in [0.15, 0.2) is 48.5 Å². The van der Waals surface area contributed by atoms with Gasteiger partial charge in [0, 0.05) is 0 Å². The summed E-state index contributed by atoms with van der Waals surface area (Å²) in [5.41, 5.74) is 24.9. The average Bonchev–Trinajstić information content (AvgIpc) is 3.49. The molecule has 0 saturated heterocycles. The van der Waals surface area contributed by atoms with E-state index < -0.39 is 0 Å². The first-order valence-electron chi connectivity index (χ1n) is 17.9. The van der Waals surface area contributed by atoms with Crippen LogP contribution in [0.25, 0.3) is 22.3 Å². The molecule has 3 aliphatic rings. The van der Waals surface area contributed by atoms with Crippen LogP contribution in [0.1, 0.15) is 150 Å². The van der Waals surface area contributed by atoms with E-state index in [0.29, 0.717) is 0 Å². The van der Waals surface area contributed by atoms with Crippen molar-refractivity contribution in [2.45, 2.75) is 143 Å². The molecule has 0 aliphatic heterocycles. The number of aryl methyl sites for hydroxylation is 4. The van der Waals surface area contributed by atoms with Gasteiger partial charge in [-0.05, 0) is 149 Å². The van der Waals surface area contributed by atoms with Crippen molar-refractivity contribution in [3.63, 3.8) is 0 Å². The van der Waals surface area contributed by atoms with E-state index in [1.54, 1.807) is 38.9 Å². The Bertz CT molecular complexity index is 1900. The molecule has 46 heavy (non-hydrogen) atoms. The number of rotatable bonds is 0. The smallest absolute Gasteiger partial charge is 0.000797 e. The molecule has 0 N–H and O–H groups in total. The first-order chi connectivity index (χ1) is 21.3. The fraction of sp³-hybridized carbons (Fsp3) is 0.478. The summed E-state index contributed by atoms with van der Waals surface area (Å²) in [6.07, 6.45) is 6.51. The van der Waals surface area contributed by atoms with Gasteiger partial charge in [0.05, 0.1) is 0 Å². The number of hydrogen-bond donors (Lipinski definition) is 0. The highest BCUT2D eigenvalue weighted by Crippen LogP contribution is 2.48. The van der Waals surface area contributed by atoms with E-state index in [0.717, 1.165) is 38.5 Å². The molecule has 0 nitrogen and oxygen atoms in total. The molecular formula is C46H56. The summed E-state index contributed by atoms with van der Waals surface area (Å²) < 4.78 is 0. The zero-order valence-electron chi connectivity index (χ0n) is 30.9. The van der Waals surface area contributed by atoms with Crippen molar-refractivity contribution < 1.29 is 0 Å². The minimum absolute atomic E-state index is 0.0900. The topological polar surface area (TPSA) is 0 Å². The molecule has 0 amide bonds. The zero-order chi connectivity index (χ0) is 33.1. The number of fused-ring (bicyclic) bond motifs is 3. The molecule has 5 bridgehead atoms. The van der Waals surface area contributed by atoms with Gasteiger partial charge in [0.1, 0.15) is 0 Å². The van der Waals surface area contributed by atoms with E-state index in [2.05, 4.69) is 132 Å². The van der Waals surface area contributed by atoms with Crippen molar-refractivity contribution in [3.8, 4) is 22.3 Å². The van der Waals surface area contributed by atoms with Crippen molar-refractivity contribution in [2.75, 3.05) is 0 Å². The quantitative estimate of drug-likeness (QED) is 0.161. The Morgan fingerprint density at radius 2 is 0.696 bits per heavy atom. The van der Waals surface area contributed by atoms with Crippen LogP contribution in [0.4, 0.5) is 0 Å². The maximum atomic E-state index is 2.62. The predicted octanol–water partition coefficient (Wildman–Crippen LogP) is 11.9. The lowest BCUT2D eigenvalue weighted by Gasteiger charge is -2.26. The summed E-state index contributed by atoms with van der Waals surface area (Å²) in [6, 6.07) is 20.6. The molecule has 0 saturated carbocycles. The van der Waals surface area contributed by atoms with Crippen LogP contribution < -0.4 is 0 Å². The third kappa shape index (κ3) is 5.29. The van der Waals surface area contributed by atoms with E-state index >= 15 is 0 Å². The molecular weight excluding hydrogens is 553 g/mol. The van der Waals surface area contributed by atoms with Crippen LogP contribution in [-0.4, -0.2) is 0 Å². The summed E-state index contributed by atoms with van der Waals surface area (Å²) in [5, 5.41) is 0. The van der Waals surface area contributed by atoms with E-state index in [9.17, 15) is 0 Å². The van der Waals surface area contributed by atoms with E-state index in [1.165, 1.54) is 50.1 Å². The first-order valence-corrected chi connectivity index (χ1v) is 17.9. The zero-order valence-corrected chi connectivity index (χ0v) is 30.9. The molecule has 4 aromatic carbocycles. The van der Waals surface area contributed by atoms with Crippen LogP contribution >= 0.6 is 0 Å². The van der Waals surface area contributed by atoms with Gasteiger partial charge in [0.2, 0.25) is 0 Å². The first kappa shape index (κ1) is 31.5. The lowest BCUT2D eigenvalue weighted by atomic mass is 9.79. The van der Waals surface area contributed by atoms with E-state index in [-0.39, 0.29) is 21.7 Å². The van der Waals surface area contributed by atoms with Gasteiger partial charge >= 0.3 is 0 Å². The maximum absolute atomic E-state index is 2.62. The largest absolute Gasteiger partial charge is 0.0561 e. The second-order valence-electron chi connectivity index (χ2n) is 19.0. The van der Waals surface area contributed by atoms with Gasteiger partial charge in [-0.25, -0.2) is 0 Å². The Kier molecular flexibility index (Phi) is 6.97. The summed E-state index contributed by atoms with van der Waals surface area (Å²) in [4.78, 5) is 0. The standard InChI is InChI=1S/C46H56/c1-43(2,3)32-18-27-13-14-28-19-33(44(4,5)6)23-40-36(28)25-37-29(20-34(24-41(37)40)45(7,8)9)15-16-30-17-31-21-35(27)39(22-32)38(31)26-42(30)46(10,11)12/h17-20,22-24,26H,13-16,21,25H2,1-12H3. The predicted molar refractivity (Wildman–Crippen MR) is 199 cm³/mol. The monoisotopic (exact) mass is 608 g/mol. The summed E-state index contributed by atoms with van der Waals surface area (Å²) in [7, 11) is 0. The minimum atomic E-state index is 0.0900. The highest BCUT2D eigenvalue weighted by molar-refractivity contribution is 5.82. The number of benzene rings is 4. The molecule has 3 aliphatic carbocycles. The highest BCUT2D eigenvalue weighted by atomic mass is 14.4. The SMILES string of the molecule is CC(C)(C)c1cc2c3c(c1)-c1cc(C(C)(C)C)c(cc1C3)CCc1cc(C(C)(C)C)cc3c1Cc1c(cc(C(C)(C)C)cc1-3)CC2. The van der Waals surface area contributed by atoms with Crippen LogP contribution in [-0.2, 0) is 60.2 Å². The van der Waals surface area contributed by atoms with Gasteiger partial charge in [0.15, 0.2) is 0 Å². The van der Waals surface area contributed by atoms with Crippen molar-refractivity contribution >= 4 is 0 Å². The summed E-state index contributed by atoms with van der Waals surface area (Å²) >= 11 is 0. The van der Waals surface area contributed by atoms with Crippen molar-refractivity contribution in [3.05, 3.63) is 115 Å². The molecule has 0 radical (unpaired) electrons. The molecule has 0 aromatic heterocycles. The molecule has 0 unspecified atom stereocenters. The highest BCUT2D eigenvalue weighted by Gasteiger charge is 2.32. The molecule has 4 aromatic rings. The minimum Gasteiger partial charge on any atom is -0.0561 e. The van der Waals surface area contributed by atoms with Gasteiger partial charge in [-0.2, -0.15) is 0 Å². The van der Waals surface area contributed by atoms with Crippen molar-refractivity contribution in [1.82, 2.24) is 0 Å². The van der Waals surface area contributed by atoms with E-state index in [4.69, 9.17) is 0 Å². The van der Waals surface area contributed by atoms with Crippen molar-refractivity contribution in [2.24, 2.45) is 0 Å². The van der Waals surface area contributed by atoms with Gasteiger partial charge < -0.3 is 0 Å².